The van der Waals surface area contributed by atoms with Crippen LogP contribution in [0.2, 0.25) is 0 Å². The Bertz CT molecular complexity index is 637. The molecular formula is C20H24NO2P. The summed E-state index contributed by atoms with van der Waals surface area (Å²) in [6.45, 7) is 5.23. The lowest BCUT2D eigenvalue weighted by atomic mass is 9.79. The van der Waals surface area contributed by atoms with Crippen molar-refractivity contribution in [2.24, 2.45) is 0 Å². The Hall–Kier alpha value is -1.25. The number of benzene rings is 2. The molecule has 0 N–H and O–H groups in total. The molecule has 24 heavy (non-hydrogen) atoms. The van der Waals surface area contributed by atoms with Crippen molar-refractivity contribution in [1.82, 2.24) is 4.67 Å². The van der Waals surface area contributed by atoms with E-state index in [1.807, 2.05) is 0 Å². The van der Waals surface area contributed by atoms with Gasteiger partial charge in [0.2, 0.25) is 0 Å². The maximum absolute atomic E-state index is 6.77. The van der Waals surface area contributed by atoms with E-state index in [0.29, 0.717) is 6.04 Å². The topological polar surface area (TPSA) is 21.7 Å². The third-order valence-corrected chi connectivity index (χ3v) is 6.78. The third kappa shape index (κ3) is 2.60. The maximum Gasteiger partial charge on any atom is 0.260 e. The van der Waals surface area contributed by atoms with Crippen LogP contribution in [-0.2, 0) is 14.6 Å². The number of rotatable bonds is 4. The van der Waals surface area contributed by atoms with Crippen LogP contribution in [0, 0.1) is 0 Å². The summed E-state index contributed by atoms with van der Waals surface area (Å²) in [5, 5.41) is 0. The molecule has 0 saturated carbocycles. The maximum atomic E-state index is 6.77. The van der Waals surface area contributed by atoms with Crippen molar-refractivity contribution in [2.75, 3.05) is 6.54 Å². The van der Waals surface area contributed by atoms with Crippen molar-refractivity contribution in [1.29, 1.82) is 0 Å². The molecule has 0 bridgehead atoms. The first kappa shape index (κ1) is 16.2. The van der Waals surface area contributed by atoms with E-state index in [0.717, 1.165) is 13.0 Å². The molecule has 2 aromatic carbocycles. The van der Waals surface area contributed by atoms with Gasteiger partial charge in [0.1, 0.15) is 5.60 Å². The van der Waals surface area contributed by atoms with E-state index < -0.39 is 14.1 Å². The lowest BCUT2D eigenvalue weighted by Crippen LogP contribution is -2.40. The fourth-order valence-corrected chi connectivity index (χ4v) is 5.91. The number of fused-ring (bicyclic) bond motifs is 1. The van der Waals surface area contributed by atoms with Crippen LogP contribution in [0.15, 0.2) is 60.7 Å². The van der Waals surface area contributed by atoms with Crippen LogP contribution >= 0.6 is 8.53 Å². The highest BCUT2D eigenvalue weighted by atomic mass is 31.2. The van der Waals surface area contributed by atoms with E-state index in [1.54, 1.807) is 0 Å². The van der Waals surface area contributed by atoms with Crippen molar-refractivity contribution in [2.45, 2.75) is 44.4 Å². The van der Waals surface area contributed by atoms with Crippen LogP contribution < -0.4 is 0 Å². The monoisotopic (exact) mass is 341 g/mol. The van der Waals surface area contributed by atoms with Crippen LogP contribution in [0.4, 0.5) is 0 Å². The predicted molar refractivity (Wildman–Crippen MR) is 97.6 cm³/mol. The molecule has 3 nitrogen and oxygen atoms in total. The predicted octanol–water partition coefficient (Wildman–Crippen LogP) is 5.08. The molecule has 2 aliphatic rings. The van der Waals surface area contributed by atoms with E-state index >= 15 is 0 Å². The minimum Gasteiger partial charge on any atom is -0.319 e. The molecule has 4 heteroatoms. The van der Waals surface area contributed by atoms with E-state index in [9.17, 15) is 0 Å². The molecule has 126 valence electrons. The standard InChI is InChI=1S/C20H24NO2P/c1-16(2)22-24-21-15-9-14-19(21)20(23-24,17-10-5-3-6-11-17)18-12-7-4-8-13-18/h3-8,10-13,16,19H,9,14-15H2,1-2H3/t19-,24?/m0/s1. The quantitative estimate of drug-likeness (QED) is 0.724. The Morgan fingerprint density at radius 3 is 2.17 bits per heavy atom. The van der Waals surface area contributed by atoms with Gasteiger partial charge in [-0.2, -0.15) is 0 Å². The molecule has 2 fully saturated rings. The fourth-order valence-electron chi connectivity index (χ4n) is 3.89. The summed E-state index contributed by atoms with van der Waals surface area (Å²) in [7, 11) is -1.03. The first-order chi connectivity index (χ1) is 11.7. The van der Waals surface area contributed by atoms with Gasteiger partial charge in [0.25, 0.3) is 8.53 Å². The zero-order valence-electron chi connectivity index (χ0n) is 14.3. The first-order valence-corrected chi connectivity index (χ1v) is 9.88. The van der Waals surface area contributed by atoms with Crippen LogP contribution in [0.1, 0.15) is 37.8 Å². The second kappa shape index (κ2) is 6.57. The molecule has 2 aliphatic heterocycles. The largest absolute Gasteiger partial charge is 0.319 e. The van der Waals surface area contributed by atoms with Crippen LogP contribution in [-0.4, -0.2) is 23.4 Å². The highest BCUT2D eigenvalue weighted by molar-refractivity contribution is 7.45. The van der Waals surface area contributed by atoms with Gasteiger partial charge in [-0.1, -0.05) is 60.7 Å². The molecule has 0 spiro atoms. The zero-order chi connectivity index (χ0) is 16.6. The first-order valence-electron chi connectivity index (χ1n) is 8.75. The number of nitrogens with zero attached hydrogens (tertiary/aromatic N) is 1. The molecule has 4 rings (SSSR count). The SMILES string of the molecule is CC(C)OP1OC(c2ccccc2)(c2ccccc2)[C@@H]2CCCN21. The van der Waals surface area contributed by atoms with Gasteiger partial charge in [-0.25, -0.2) is 4.67 Å². The highest BCUT2D eigenvalue weighted by Crippen LogP contribution is 2.65. The van der Waals surface area contributed by atoms with Gasteiger partial charge in [-0.05, 0) is 37.8 Å². The van der Waals surface area contributed by atoms with Gasteiger partial charge in [-0.15, -0.1) is 0 Å². The average Bonchev–Trinajstić information content (AvgIpc) is 3.19. The minimum absolute atomic E-state index is 0.166. The number of hydrogen-bond donors (Lipinski definition) is 0. The summed E-state index contributed by atoms with van der Waals surface area (Å²) < 4.78 is 15.4. The van der Waals surface area contributed by atoms with E-state index in [2.05, 4.69) is 79.2 Å². The summed E-state index contributed by atoms with van der Waals surface area (Å²) in [5.74, 6) is 0. The fraction of sp³-hybridized carbons (Fsp3) is 0.400. The molecular weight excluding hydrogens is 317 g/mol. The van der Waals surface area contributed by atoms with Crippen molar-refractivity contribution < 1.29 is 9.05 Å². The van der Waals surface area contributed by atoms with Gasteiger partial charge in [0, 0.05) is 6.54 Å². The Morgan fingerprint density at radius 1 is 1.04 bits per heavy atom. The molecule has 2 aromatic rings. The van der Waals surface area contributed by atoms with Gasteiger partial charge in [-0.3, -0.25) is 0 Å². The van der Waals surface area contributed by atoms with Gasteiger partial charge in [0.05, 0.1) is 12.1 Å². The Kier molecular flexibility index (Phi) is 4.44. The zero-order valence-corrected chi connectivity index (χ0v) is 15.2. The Balaban J connectivity index is 1.85. The molecule has 0 amide bonds. The smallest absolute Gasteiger partial charge is 0.260 e. The molecule has 2 heterocycles. The molecule has 0 aliphatic carbocycles. The number of hydrogen-bond acceptors (Lipinski definition) is 3. The lowest BCUT2D eigenvalue weighted by Gasteiger charge is -2.34. The molecule has 2 atom stereocenters. The average molecular weight is 341 g/mol. The van der Waals surface area contributed by atoms with Crippen molar-refractivity contribution in [3.05, 3.63) is 71.8 Å². The van der Waals surface area contributed by atoms with Crippen LogP contribution in [0.5, 0.6) is 0 Å². The summed E-state index contributed by atoms with van der Waals surface area (Å²) >= 11 is 0. The van der Waals surface area contributed by atoms with Gasteiger partial charge < -0.3 is 9.05 Å². The molecule has 2 saturated heterocycles. The van der Waals surface area contributed by atoms with Crippen molar-refractivity contribution in [3.8, 4) is 0 Å². The Labute approximate surface area is 145 Å². The summed E-state index contributed by atoms with van der Waals surface area (Å²) in [6.07, 6.45) is 2.51. The summed E-state index contributed by atoms with van der Waals surface area (Å²) in [5.41, 5.74) is 2.02. The summed E-state index contributed by atoms with van der Waals surface area (Å²) in [4.78, 5) is 0. The van der Waals surface area contributed by atoms with Crippen molar-refractivity contribution >= 4 is 8.53 Å². The van der Waals surface area contributed by atoms with Crippen LogP contribution in [0.25, 0.3) is 0 Å². The highest BCUT2D eigenvalue weighted by Gasteiger charge is 2.58. The molecule has 1 unspecified atom stereocenters. The van der Waals surface area contributed by atoms with E-state index in [4.69, 9.17) is 9.05 Å². The lowest BCUT2D eigenvalue weighted by molar-refractivity contribution is 0.0970. The second-order valence-electron chi connectivity index (χ2n) is 6.77. The Morgan fingerprint density at radius 2 is 1.62 bits per heavy atom. The second-order valence-corrected chi connectivity index (χ2v) is 8.15. The normalized spacial score (nSPS) is 26.0. The molecule has 0 aromatic heterocycles. The molecule has 0 radical (unpaired) electrons. The third-order valence-electron chi connectivity index (χ3n) is 4.83. The summed E-state index contributed by atoms with van der Waals surface area (Å²) in [6, 6.07) is 21.7. The van der Waals surface area contributed by atoms with E-state index in [1.165, 1.54) is 17.5 Å². The van der Waals surface area contributed by atoms with Crippen molar-refractivity contribution in [3.63, 3.8) is 0 Å². The van der Waals surface area contributed by atoms with Gasteiger partial charge >= 0.3 is 0 Å². The minimum atomic E-state index is -1.03. The van der Waals surface area contributed by atoms with Crippen LogP contribution in [0.3, 0.4) is 0 Å². The van der Waals surface area contributed by atoms with Gasteiger partial charge in [0.15, 0.2) is 0 Å². The van der Waals surface area contributed by atoms with E-state index in [-0.39, 0.29) is 6.10 Å².